The fraction of sp³-hybridized carbons (Fsp3) is 0.595. The Kier molecular flexibility index (Phi) is 14.4. The number of nitrogens with zero attached hydrogens (tertiary/aromatic N) is 2. The molecule has 54 heavy (non-hydrogen) atoms. The molecule has 2 fully saturated rings. The number of nitrogens with two attached hydrogens (primary N) is 1. The van der Waals surface area contributed by atoms with Gasteiger partial charge in [-0.15, -0.1) is 0 Å². The lowest BCUT2D eigenvalue weighted by molar-refractivity contribution is -0.158. The fourth-order valence-electron chi connectivity index (χ4n) is 9.31. The van der Waals surface area contributed by atoms with E-state index in [-0.39, 0.29) is 61.4 Å². The number of esters is 2. The zero-order valence-corrected chi connectivity index (χ0v) is 32.0. The third-order valence-corrected chi connectivity index (χ3v) is 11.7. The number of aliphatic hydroxyl groups excluding tert-OH is 3. The summed E-state index contributed by atoms with van der Waals surface area (Å²) in [6.07, 6.45) is 6.11. The van der Waals surface area contributed by atoms with E-state index in [0.717, 1.165) is 42.5 Å². The first-order chi connectivity index (χ1) is 25.9. The van der Waals surface area contributed by atoms with Gasteiger partial charge in [0.25, 0.3) is 0 Å². The Labute approximate surface area is 318 Å². The number of aryl methyl sites for hydroxylation is 1. The van der Waals surface area contributed by atoms with Gasteiger partial charge < -0.3 is 45.4 Å². The molecule has 1 aromatic carbocycles. The molecular formula is C42H58N3O9-. The Hall–Kier alpha value is -4.13. The maximum Gasteiger partial charge on any atom is 0.302 e. The maximum atomic E-state index is 12.7. The second-order valence-corrected chi connectivity index (χ2v) is 15.7. The number of nitrogen functional groups attached to an aromatic ring is 1. The standard InChI is InChI=1S/C42H58N3O9/c1-24(2)35-17-30(16-33-6-5-10-44-33)37-18-29(35)14-31(15-32(23-47)42(37)51)39(54-26(4)49)21-34(53-25(3)48)8-7-27-19-40(52-13-12-46)38(50)22-36(27)28-9-11-45-41(43)20-28/h5-6,9-11,19-20,22,24,29-32,34-35,37,39,42,46-47,50-51H,7-8,12-18,21,23H2,1-4H3,(H2,43,45)/q-1. The number of carbonyl (C=O) groups is 2. The van der Waals surface area contributed by atoms with E-state index in [2.05, 4.69) is 23.8 Å². The van der Waals surface area contributed by atoms with Crippen LogP contribution in [0.25, 0.3) is 11.1 Å². The first kappa shape index (κ1) is 41.0. The van der Waals surface area contributed by atoms with Crippen molar-refractivity contribution in [2.75, 3.05) is 25.6 Å². The number of aliphatic hydroxyl groups is 3. The molecule has 0 aliphatic heterocycles. The number of hydrogen-bond donors (Lipinski definition) is 5. The number of rotatable bonds is 16. The quantitative estimate of drug-likeness (QED) is 0.122. The maximum absolute atomic E-state index is 12.7. The van der Waals surface area contributed by atoms with Gasteiger partial charge >= 0.3 is 11.9 Å². The Balaban J connectivity index is 1.43. The van der Waals surface area contributed by atoms with Crippen LogP contribution < -0.4 is 15.5 Å². The van der Waals surface area contributed by atoms with E-state index in [4.69, 9.17) is 19.9 Å². The van der Waals surface area contributed by atoms with Gasteiger partial charge in [-0.3, -0.25) is 9.59 Å². The van der Waals surface area contributed by atoms with Gasteiger partial charge in [-0.25, -0.2) is 4.98 Å². The highest BCUT2D eigenvalue weighted by Gasteiger charge is 2.47. The van der Waals surface area contributed by atoms with Crippen molar-refractivity contribution in [3.63, 3.8) is 0 Å². The molecule has 0 radical (unpaired) electrons. The molecule has 0 saturated heterocycles. The Morgan fingerprint density at radius 1 is 1.02 bits per heavy atom. The topological polar surface area (TPSA) is 196 Å². The van der Waals surface area contributed by atoms with Crippen LogP contribution in [0.5, 0.6) is 11.5 Å². The van der Waals surface area contributed by atoms with Crippen molar-refractivity contribution in [1.29, 1.82) is 0 Å². The van der Waals surface area contributed by atoms with Gasteiger partial charge in [0, 0.05) is 39.0 Å². The molecular weight excluding hydrogens is 690 g/mol. The monoisotopic (exact) mass is 748 g/mol. The molecule has 5 rings (SSSR count). The number of carbonyl (C=O) groups excluding carboxylic acids is 2. The highest BCUT2D eigenvalue weighted by Crippen LogP contribution is 2.51. The number of anilines is 1. The number of aromatic hydroxyl groups is 1. The second kappa shape index (κ2) is 19.0. The largest absolute Gasteiger partial charge is 0.668 e. The van der Waals surface area contributed by atoms with E-state index in [1.165, 1.54) is 13.8 Å². The number of aromatic nitrogens is 2. The second-order valence-electron chi connectivity index (χ2n) is 15.7. The average Bonchev–Trinajstić information content (AvgIpc) is 3.63. The summed E-state index contributed by atoms with van der Waals surface area (Å²) in [6, 6.07) is 10.8. The van der Waals surface area contributed by atoms with Crippen molar-refractivity contribution in [1.82, 2.24) is 9.97 Å². The number of phenols is 1. The number of phenolic OH excluding ortho intramolecular Hbond substituents is 1. The minimum atomic E-state index is -0.729. The van der Waals surface area contributed by atoms with Gasteiger partial charge in [0.1, 0.15) is 24.6 Å². The lowest BCUT2D eigenvalue weighted by Crippen LogP contribution is -2.48. The number of pyridine rings is 1. The molecule has 2 saturated carbocycles. The first-order valence-electron chi connectivity index (χ1n) is 19.4. The molecule has 2 aromatic heterocycles. The predicted octanol–water partition coefficient (Wildman–Crippen LogP) is 5.09. The predicted molar refractivity (Wildman–Crippen MR) is 203 cm³/mol. The third kappa shape index (κ3) is 10.5. The highest BCUT2D eigenvalue weighted by molar-refractivity contribution is 5.72. The van der Waals surface area contributed by atoms with E-state index >= 15 is 0 Å². The Bertz CT molecular complexity index is 1660. The summed E-state index contributed by atoms with van der Waals surface area (Å²) in [4.78, 5) is 33.9. The van der Waals surface area contributed by atoms with Crippen molar-refractivity contribution in [3.05, 3.63) is 60.0 Å². The third-order valence-electron chi connectivity index (χ3n) is 11.7. The molecule has 12 nitrogen and oxygen atoms in total. The summed E-state index contributed by atoms with van der Waals surface area (Å²) < 4.78 is 17.6. The summed E-state index contributed by atoms with van der Waals surface area (Å²) in [5.41, 5.74) is 9.22. The molecule has 9 unspecified atom stereocenters. The van der Waals surface area contributed by atoms with Crippen LogP contribution in [0.3, 0.4) is 0 Å². The van der Waals surface area contributed by atoms with Crippen molar-refractivity contribution < 1.29 is 44.2 Å². The van der Waals surface area contributed by atoms with Crippen LogP contribution in [0.1, 0.15) is 77.5 Å². The van der Waals surface area contributed by atoms with Crippen molar-refractivity contribution >= 4 is 17.8 Å². The van der Waals surface area contributed by atoms with Gasteiger partial charge in [-0.2, -0.15) is 11.9 Å². The van der Waals surface area contributed by atoms with E-state index < -0.39 is 36.2 Å². The smallest absolute Gasteiger partial charge is 0.302 e. The van der Waals surface area contributed by atoms with Gasteiger partial charge in [0.05, 0.1) is 12.7 Å². The lowest BCUT2D eigenvalue weighted by atomic mass is 9.57. The molecule has 9 atom stereocenters. The summed E-state index contributed by atoms with van der Waals surface area (Å²) >= 11 is 0. The highest BCUT2D eigenvalue weighted by atomic mass is 16.6. The van der Waals surface area contributed by atoms with E-state index in [1.54, 1.807) is 36.7 Å². The summed E-state index contributed by atoms with van der Waals surface area (Å²) in [7, 11) is 0. The van der Waals surface area contributed by atoms with E-state index in [1.807, 2.05) is 12.1 Å². The molecule has 2 aliphatic carbocycles. The first-order valence-corrected chi connectivity index (χ1v) is 19.4. The van der Waals surface area contributed by atoms with Crippen molar-refractivity contribution in [2.24, 2.45) is 41.4 Å². The van der Waals surface area contributed by atoms with Gasteiger partial charge in [-0.1, -0.05) is 26.0 Å². The van der Waals surface area contributed by atoms with Gasteiger partial charge in [-0.05, 0) is 121 Å². The number of fused-ring (bicyclic) bond motifs is 2. The minimum absolute atomic E-state index is 0.00888. The average molecular weight is 749 g/mol. The van der Waals surface area contributed by atoms with Crippen LogP contribution in [0.15, 0.2) is 48.8 Å². The molecule has 0 amide bonds. The molecule has 0 spiro atoms. The number of benzene rings is 1. The fourth-order valence-corrected chi connectivity index (χ4v) is 9.31. The lowest BCUT2D eigenvalue weighted by Gasteiger charge is -2.50. The molecule has 3 aromatic rings. The molecule has 296 valence electrons. The van der Waals surface area contributed by atoms with E-state index in [9.17, 15) is 30.0 Å². The van der Waals surface area contributed by atoms with Crippen LogP contribution in [-0.2, 0) is 31.9 Å². The van der Waals surface area contributed by atoms with Gasteiger partial charge in [0.2, 0.25) is 0 Å². The molecule has 12 heteroatoms. The zero-order chi connectivity index (χ0) is 38.9. The van der Waals surface area contributed by atoms with Crippen LogP contribution in [0, 0.1) is 41.4 Å². The minimum Gasteiger partial charge on any atom is -0.668 e. The molecule has 2 bridgehead atoms. The zero-order valence-electron chi connectivity index (χ0n) is 32.0. The van der Waals surface area contributed by atoms with Crippen LogP contribution in [0.2, 0.25) is 0 Å². The summed E-state index contributed by atoms with van der Waals surface area (Å²) in [5, 5.41) is 42.8. The molecule has 2 heterocycles. The van der Waals surface area contributed by atoms with Gasteiger partial charge in [0.15, 0.2) is 11.5 Å². The number of ether oxygens (including phenoxy) is 3. The summed E-state index contributed by atoms with van der Waals surface area (Å²) in [6.45, 7) is 6.80. The number of hydrogen-bond acceptors (Lipinski definition) is 11. The molecule has 6 N–H and O–H groups in total. The Morgan fingerprint density at radius 3 is 2.44 bits per heavy atom. The summed E-state index contributed by atoms with van der Waals surface area (Å²) in [5.74, 6) is 0.202. The van der Waals surface area contributed by atoms with Crippen LogP contribution in [0.4, 0.5) is 5.82 Å². The SMILES string of the molecule is CC(=O)OC(CCc1cc(OCCO)c(O)cc1-c1ccnc(N)c1)CC(OC(C)=O)C1CC(CO)C(O)C2CC(C1)C(C(C)C)CC2Cc1ccc[n-]1. The van der Waals surface area contributed by atoms with Crippen LogP contribution >= 0.6 is 0 Å². The van der Waals surface area contributed by atoms with E-state index in [0.29, 0.717) is 42.5 Å². The van der Waals surface area contributed by atoms with Crippen molar-refractivity contribution in [2.45, 2.75) is 97.4 Å². The van der Waals surface area contributed by atoms with Crippen LogP contribution in [-0.4, -0.2) is 75.5 Å². The normalized spacial score (nSPS) is 25.3. The Morgan fingerprint density at radius 2 is 1.80 bits per heavy atom. The van der Waals surface area contributed by atoms with Crippen molar-refractivity contribution in [3.8, 4) is 22.6 Å². The molecule has 2 aliphatic rings.